The Morgan fingerprint density at radius 3 is 2.69 bits per heavy atom. The molecule has 134 valence electrons. The van der Waals surface area contributed by atoms with Crippen LogP contribution in [0.5, 0.6) is 0 Å². The zero-order valence-corrected chi connectivity index (χ0v) is 16.3. The lowest BCUT2D eigenvalue weighted by Crippen LogP contribution is -2.14. The van der Waals surface area contributed by atoms with Gasteiger partial charge in [0.25, 0.3) is 0 Å². The number of anilines is 1. The van der Waals surface area contributed by atoms with Gasteiger partial charge in [0.05, 0.1) is 35.1 Å². The lowest BCUT2D eigenvalue weighted by molar-refractivity contribution is -0.115. The standard InChI is InChI=1S/C18H16BrN3O3S/c1-26(24,25)17-8-3-2-7-16(17)22-12-15(11-20-22)21-18(23)10-13-5-4-6-14(19)9-13/h2-9,11-12H,10H2,1H3,(H,21,23). The summed E-state index contributed by atoms with van der Waals surface area (Å²) in [4.78, 5) is 12.4. The van der Waals surface area contributed by atoms with Gasteiger partial charge in [-0.25, -0.2) is 13.1 Å². The topological polar surface area (TPSA) is 81.1 Å². The van der Waals surface area contributed by atoms with E-state index in [4.69, 9.17) is 0 Å². The number of carbonyl (C=O) groups is 1. The third-order valence-electron chi connectivity index (χ3n) is 3.63. The summed E-state index contributed by atoms with van der Waals surface area (Å²) in [5, 5.41) is 6.94. The van der Waals surface area contributed by atoms with Crippen molar-refractivity contribution in [2.75, 3.05) is 11.6 Å². The molecule has 6 nitrogen and oxygen atoms in total. The molecular weight excluding hydrogens is 418 g/mol. The van der Waals surface area contributed by atoms with Gasteiger partial charge in [-0.2, -0.15) is 5.10 Å². The van der Waals surface area contributed by atoms with Crippen molar-refractivity contribution in [3.63, 3.8) is 0 Å². The molecule has 26 heavy (non-hydrogen) atoms. The molecule has 8 heteroatoms. The second kappa shape index (κ2) is 7.43. The second-order valence-corrected chi connectivity index (χ2v) is 8.67. The molecule has 3 rings (SSSR count). The maximum Gasteiger partial charge on any atom is 0.228 e. The molecule has 1 N–H and O–H groups in total. The van der Waals surface area contributed by atoms with E-state index < -0.39 is 9.84 Å². The monoisotopic (exact) mass is 433 g/mol. The summed E-state index contributed by atoms with van der Waals surface area (Å²) in [6.07, 6.45) is 4.45. The van der Waals surface area contributed by atoms with Gasteiger partial charge >= 0.3 is 0 Å². The van der Waals surface area contributed by atoms with Gasteiger partial charge in [-0.3, -0.25) is 4.79 Å². The smallest absolute Gasteiger partial charge is 0.228 e. The van der Waals surface area contributed by atoms with E-state index >= 15 is 0 Å². The number of hydrogen-bond donors (Lipinski definition) is 1. The van der Waals surface area contributed by atoms with Gasteiger partial charge in [0.2, 0.25) is 5.91 Å². The van der Waals surface area contributed by atoms with Gasteiger partial charge in [0, 0.05) is 10.7 Å². The molecular formula is C18H16BrN3O3S. The zero-order chi connectivity index (χ0) is 18.7. The summed E-state index contributed by atoms with van der Waals surface area (Å²) in [7, 11) is -3.39. The lowest BCUT2D eigenvalue weighted by atomic mass is 10.1. The number of rotatable bonds is 5. The SMILES string of the molecule is CS(=O)(=O)c1ccccc1-n1cc(NC(=O)Cc2cccc(Br)c2)cn1. The third kappa shape index (κ3) is 4.39. The number of benzene rings is 2. The molecule has 0 aliphatic heterocycles. The van der Waals surface area contributed by atoms with Gasteiger partial charge < -0.3 is 5.32 Å². The minimum absolute atomic E-state index is 0.176. The van der Waals surface area contributed by atoms with Crippen LogP contribution in [0.1, 0.15) is 5.56 Å². The van der Waals surface area contributed by atoms with Crippen LogP contribution in [0.2, 0.25) is 0 Å². The average molecular weight is 434 g/mol. The van der Waals surface area contributed by atoms with Crippen LogP contribution in [-0.4, -0.2) is 30.4 Å². The molecule has 0 aliphatic carbocycles. The van der Waals surface area contributed by atoms with E-state index in [1.165, 1.54) is 16.9 Å². The Kier molecular flexibility index (Phi) is 5.24. The summed E-state index contributed by atoms with van der Waals surface area (Å²) in [6, 6.07) is 14.1. The first kappa shape index (κ1) is 18.3. The van der Waals surface area contributed by atoms with Crippen LogP contribution in [0, 0.1) is 0 Å². The molecule has 0 atom stereocenters. The number of sulfone groups is 1. The number of hydrogen-bond acceptors (Lipinski definition) is 4. The van der Waals surface area contributed by atoms with E-state index in [1.54, 1.807) is 24.4 Å². The fraction of sp³-hybridized carbons (Fsp3) is 0.111. The van der Waals surface area contributed by atoms with Gasteiger partial charge in [-0.1, -0.05) is 40.2 Å². The van der Waals surface area contributed by atoms with Crippen molar-refractivity contribution < 1.29 is 13.2 Å². The maximum atomic E-state index is 12.2. The first-order valence-electron chi connectivity index (χ1n) is 7.71. The first-order valence-corrected chi connectivity index (χ1v) is 10.4. The quantitative estimate of drug-likeness (QED) is 0.669. The Morgan fingerprint density at radius 1 is 1.19 bits per heavy atom. The molecule has 0 radical (unpaired) electrons. The van der Waals surface area contributed by atoms with Crippen LogP contribution in [-0.2, 0) is 21.1 Å². The Balaban J connectivity index is 1.78. The van der Waals surface area contributed by atoms with E-state index in [-0.39, 0.29) is 17.2 Å². The van der Waals surface area contributed by atoms with Crippen molar-refractivity contribution in [3.05, 3.63) is 71.0 Å². The number of carbonyl (C=O) groups excluding carboxylic acids is 1. The fourth-order valence-electron chi connectivity index (χ4n) is 2.52. The zero-order valence-electron chi connectivity index (χ0n) is 13.9. The summed E-state index contributed by atoms with van der Waals surface area (Å²) in [6.45, 7) is 0. The van der Waals surface area contributed by atoms with E-state index in [0.717, 1.165) is 16.3 Å². The highest BCUT2D eigenvalue weighted by atomic mass is 79.9. The lowest BCUT2D eigenvalue weighted by Gasteiger charge is -2.07. The first-order chi connectivity index (χ1) is 12.3. The summed E-state index contributed by atoms with van der Waals surface area (Å²) < 4.78 is 26.2. The van der Waals surface area contributed by atoms with Crippen molar-refractivity contribution in [2.24, 2.45) is 0 Å². The van der Waals surface area contributed by atoms with Crippen molar-refractivity contribution >= 4 is 37.4 Å². The number of halogens is 1. The Hall–Kier alpha value is -2.45. The van der Waals surface area contributed by atoms with E-state index in [2.05, 4.69) is 26.3 Å². The second-order valence-electron chi connectivity index (χ2n) is 5.77. The summed E-state index contributed by atoms with van der Waals surface area (Å²) in [5.74, 6) is -0.181. The number of para-hydroxylation sites is 1. The van der Waals surface area contributed by atoms with Gasteiger partial charge in [-0.15, -0.1) is 0 Å². The van der Waals surface area contributed by atoms with Gasteiger partial charge in [-0.05, 0) is 29.8 Å². The molecule has 1 aromatic heterocycles. The highest BCUT2D eigenvalue weighted by Crippen LogP contribution is 2.21. The molecule has 0 aliphatic rings. The molecule has 0 saturated carbocycles. The van der Waals surface area contributed by atoms with Crippen LogP contribution < -0.4 is 5.32 Å². The molecule has 3 aromatic rings. The van der Waals surface area contributed by atoms with Crippen LogP contribution in [0.25, 0.3) is 5.69 Å². The average Bonchev–Trinajstić information content (AvgIpc) is 3.02. The number of aromatic nitrogens is 2. The maximum absolute atomic E-state index is 12.2. The largest absolute Gasteiger partial charge is 0.323 e. The predicted octanol–water partition coefficient (Wildman–Crippen LogP) is 3.22. The Morgan fingerprint density at radius 2 is 1.96 bits per heavy atom. The van der Waals surface area contributed by atoms with E-state index in [0.29, 0.717) is 11.4 Å². The minimum Gasteiger partial charge on any atom is -0.323 e. The van der Waals surface area contributed by atoms with Gasteiger partial charge in [0.1, 0.15) is 0 Å². The highest BCUT2D eigenvalue weighted by molar-refractivity contribution is 9.10. The minimum atomic E-state index is -3.39. The molecule has 0 spiro atoms. The third-order valence-corrected chi connectivity index (χ3v) is 5.27. The molecule has 1 amide bonds. The predicted molar refractivity (Wildman–Crippen MR) is 103 cm³/mol. The van der Waals surface area contributed by atoms with Crippen LogP contribution in [0.3, 0.4) is 0 Å². The van der Waals surface area contributed by atoms with Crippen LogP contribution in [0.15, 0.2) is 70.3 Å². The van der Waals surface area contributed by atoms with Crippen LogP contribution in [0.4, 0.5) is 5.69 Å². The molecule has 0 unspecified atom stereocenters. The Bertz CT molecular complexity index is 1060. The van der Waals surface area contributed by atoms with Crippen LogP contribution >= 0.6 is 15.9 Å². The number of amides is 1. The van der Waals surface area contributed by atoms with E-state index in [9.17, 15) is 13.2 Å². The van der Waals surface area contributed by atoms with Crippen molar-refractivity contribution in [3.8, 4) is 5.69 Å². The molecule has 0 saturated heterocycles. The molecule has 0 bridgehead atoms. The number of nitrogens with zero attached hydrogens (tertiary/aromatic N) is 2. The van der Waals surface area contributed by atoms with Crippen molar-refractivity contribution in [1.82, 2.24) is 9.78 Å². The van der Waals surface area contributed by atoms with Crippen molar-refractivity contribution in [2.45, 2.75) is 11.3 Å². The normalized spacial score (nSPS) is 11.3. The Labute approximate surface area is 159 Å². The number of nitrogens with one attached hydrogen (secondary N) is 1. The fourth-order valence-corrected chi connectivity index (χ4v) is 3.83. The molecule has 1 heterocycles. The van der Waals surface area contributed by atoms with E-state index in [1.807, 2.05) is 24.3 Å². The molecule has 0 fully saturated rings. The summed E-state index contributed by atoms with van der Waals surface area (Å²) >= 11 is 3.38. The molecule has 2 aromatic carbocycles. The summed E-state index contributed by atoms with van der Waals surface area (Å²) in [5.41, 5.74) is 1.81. The highest BCUT2D eigenvalue weighted by Gasteiger charge is 2.15. The van der Waals surface area contributed by atoms with Crippen molar-refractivity contribution in [1.29, 1.82) is 0 Å². The van der Waals surface area contributed by atoms with Gasteiger partial charge in [0.15, 0.2) is 9.84 Å².